The van der Waals surface area contributed by atoms with E-state index in [9.17, 15) is 10.0 Å². The van der Waals surface area contributed by atoms with Gasteiger partial charge in [0.25, 0.3) is 0 Å². The maximum absolute atomic E-state index is 9.22. The molecule has 6 aromatic rings. The molecular weight excluding hydrogens is 861 g/mol. The average molecular weight is 889 g/mol. The number of hydrogen-bond acceptors (Lipinski definition) is 4. The minimum atomic E-state index is -1.43. The predicted molar refractivity (Wildman–Crippen MR) is 212 cm³/mol. The zero-order valence-electron chi connectivity index (χ0n) is 24.2. The first-order valence-corrected chi connectivity index (χ1v) is 17.3. The molecule has 10 heteroatoms. The third kappa shape index (κ3) is 9.61. The molecule has 0 bridgehead atoms. The second-order valence-corrected chi connectivity index (χ2v) is 13.6. The normalized spacial score (nSPS) is 10.2. The Kier molecular flexibility index (Phi) is 13.6. The summed E-state index contributed by atoms with van der Waals surface area (Å²) in [6.45, 7) is 0. The summed E-state index contributed by atoms with van der Waals surface area (Å²) >= 11 is 20.8. The van der Waals surface area contributed by atoms with Crippen LogP contribution in [0.4, 0.5) is 11.4 Å². The van der Waals surface area contributed by atoms with E-state index in [1.165, 1.54) is 5.56 Å². The van der Waals surface area contributed by atoms with Crippen molar-refractivity contribution in [3.05, 3.63) is 156 Å². The van der Waals surface area contributed by atoms with E-state index in [-0.39, 0.29) is 0 Å². The molecule has 0 heterocycles. The third-order valence-corrected chi connectivity index (χ3v) is 10.1. The fourth-order valence-corrected chi connectivity index (χ4v) is 6.45. The van der Waals surface area contributed by atoms with Gasteiger partial charge >= 0.3 is 7.12 Å². The van der Waals surface area contributed by atoms with E-state index in [2.05, 4.69) is 78.7 Å². The number of halogens is 5. The van der Waals surface area contributed by atoms with Gasteiger partial charge in [0, 0.05) is 29.5 Å². The topological polar surface area (TPSA) is 92.5 Å². The van der Waals surface area contributed by atoms with Crippen molar-refractivity contribution in [2.75, 3.05) is 11.5 Å². The Morgan fingerprint density at radius 1 is 0.522 bits per heavy atom. The second-order valence-electron chi connectivity index (χ2n) is 9.88. The van der Waals surface area contributed by atoms with E-state index in [4.69, 9.17) is 34.7 Å². The van der Waals surface area contributed by atoms with E-state index in [0.717, 1.165) is 40.3 Å². The van der Waals surface area contributed by atoms with Crippen LogP contribution in [0.3, 0.4) is 0 Å². The summed E-state index contributed by atoms with van der Waals surface area (Å²) in [5, 5.41) is 19.7. The van der Waals surface area contributed by atoms with Gasteiger partial charge in [-0.25, -0.2) is 0 Å². The molecular formula is C36H28BBr2Cl2IN2O2. The fourth-order valence-electron chi connectivity index (χ4n) is 4.52. The number of benzene rings is 6. The van der Waals surface area contributed by atoms with Crippen LogP contribution in [0.2, 0.25) is 10.0 Å². The van der Waals surface area contributed by atoms with Crippen molar-refractivity contribution < 1.29 is 10.0 Å². The van der Waals surface area contributed by atoms with Gasteiger partial charge in [0.2, 0.25) is 0 Å². The summed E-state index contributed by atoms with van der Waals surface area (Å²) in [4.78, 5) is 0. The standard InChI is InChI=1S/C18H13BrClN.C12H11BO2.C6H4BrClIN/c19-16-10-15(18(21)11-17(16)20)14-9-5-4-8-13(14)12-6-2-1-3-7-12;14-13(15)12-9-5-4-8-11(12)10-6-2-1-3-7-10;7-3-1-5(9)6(10)2-4(3)8/h1-11H,21H2;1-9,14-15H;1-2H,10H2. The van der Waals surface area contributed by atoms with E-state index in [1.54, 1.807) is 24.3 Å². The first-order valence-electron chi connectivity index (χ1n) is 13.9. The molecule has 0 aliphatic heterocycles. The monoisotopic (exact) mass is 886 g/mol. The highest BCUT2D eigenvalue weighted by molar-refractivity contribution is 14.1. The van der Waals surface area contributed by atoms with Gasteiger partial charge in [-0.15, -0.1) is 0 Å². The van der Waals surface area contributed by atoms with Crippen LogP contribution in [0.15, 0.2) is 142 Å². The molecule has 0 amide bonds. The summed E-state index contributed by atoms with van der Waals surface area (Å²) in [5.74, 6) is 0. The molecule has 0 fully saturated rings. The van der Waals surface area contributed by atoms with Gasteiger partial charge in [0.15, 0.2) is 0 Å². The Balaban J connectivity index is 0.000000168. The maximum Gasteiger partial charge on any atom is 0.489 e. The number of anilines is 2. The molecule has 0 radical (unpaired) electrons. The molecule has 0 aliphatic carbocycles. The highest BCUT2D eigenvalue weighted by Crippen LogP contribution is 2.39. The van der Waals surface area contributed by atoms with Crippen LogP contribution >= 0.6 is 77.7 Å². The van der Waals surface area contributed by atoms with Crippen molar-refractivity contribution in [1.29, 1.82) is 0 Å². The largest absolute Gasteiger partial charge is 0.489 e. The Bertz CT molecular complexity index is 1870. The van der Waals surface area contributed by atoms with Gasteiger partial charge in [0.1, 0.15) is 0 Å². The van der Waals surface area contributed by atoms with E-state index in [0.29, 0.717) is 26.9 Å². The van der Waals surface area contributed by atoms with Gasteiger partial charge in [-0.05, 0) is 112 Å². The molecule has 0 aromatic heterocycles. The van der Waals surface area contributed by atoms with E-state index < -0.39 is 7.12 Å². The Labute approximate surface area is 309 Å². The average Bonchev–Trinajstić information content (AvgIpc) is 3.07. The fraction of sp³-hybridized carbons (Fsp3) is 0. The van der Waals surface area contributed by atoms with E-state index in [1.807, 2.05) is 84.9 Å². The van der Waals surface area contributed by atoms with Crippen LogP contribution in [0.1, 0.15) is 0 Å². The van der Waals surface area contributed by atoms with Gasteiger partial charge < -0.3 is 21.5 Å². The highest BCUT2D eigenvalue weighted by Gasteiger charge is 2.16. The molecule has 6 rings (SSSR count). The van der Waals surface area contributed by atoms with Gasteiger partial charge in [-0.2, -0.15) is 0 Å². The number of rotatable bonds is 4. The first kappa shape index (κ1) is 36.0. The SMILES string of the molecule is Nc1cc(Cl)c(Br)cc1-c1ccccc1-c1ccccc1.Nc1cc(Cl)c(Br)cc1I.OB(O)c1ccccc1-c1ccccc1. The lowest BCUT2D eigenvalue weighted by molar-refractivity contribution is 0.426. The molecule has 0 atom stereocenters. The zero-order chi connectivity index (χ0) is 33.2. The van der Waals surface area contributed by atoms with Crippen LogP contribution < -0.4 is 16.9 Å². The summed E-state index contributed by atoms with van der Waals surface area (Å²) in [6, 6.07) is 42.8. The van der Waals surface area contributed by atoms with Crippen LogP contribution in [0, 0.1) is 3.57 Å². The molecule has 6 aromatic carbocycles. The van der Waals surface area contributed by atoms with Crippen molar-refractivity contribution in [2.45, 2.75) is 0 Å². The minimum absolute atomic E-state index is 0.531. The molecule has 0 unspecified atom stereocenters. The van der Waals surface area contributed by atoms with Crippen molar-refractivity contribution in [3.8, 4) is 33.4 Å². The maximum atomic E-state index is 9.22. The molecule has 0 aliphatic rings. The number of nitrogens with two attached hydrogens (primary N) is 2. The van der Waals surface area contributed by atoms with Gasteiger partial charge in [-0.1, -0.05) is 132 Å². The quantitative estimate of drug-likeness (QED) is 0.0614. The number of hydrogen-bond donors (Lipinski definition) is 4. The van der Waals surface area contributed by atoms with Crippen LogP contribution in [-0.2, 0) is 0 Å². The molecule has 232 valence electrons. The second kappa shape index (κ2) is 17.4. The zero-order valence-corrected chi connectivity index (χ0v) is 31.1. The van der Waals surface area contributed by atoms with Crippen LogP contribution in [0.5, 0.6) is 0 Å². The van der Waals surface area contributed by atoms with Crippen molar-refractivity contribution in [3.63, 3.8) is 0 Å². The summed E-state index contributed by atoms with van der Waals surface area (Å²) in [6.07, 6.45) is 0. The van der Waals surface area contributed by atoms with Crippen molar-refractivity contribution in [1.82, 2.24) is 0 Å². The smallest absolute Gasteiger partial charge is 0.423 e. The number of nitrogen functional groups attached to an aromatic ring is 2. The predicted octanol–water partition coefficient (Wildman–Crippen LogP) is 10.3. The Morgan fingerprint density at radius 3 is 1.50 bits per heavy atom. The van der Waals surface area contributed by atoms with E-state index >= 15 is 0 Å². The lowest BCUT2D eigenvalue weighted by atomic mass is 9.75. The minimum Gasteiger partial charge on any atom is -0.423 e. The molecule has 0 saturated carbocycles. The summed E-state index contributed by atoms with van der Waals surface area (Å²) in [5.41, 5.74) is 19.9. The Morgan fingerprint density at radius 2 is 0.957 bits per heavy atom. The van der Waals surface area contributed by atoms with Crippen LogP contribution in [0.25, 0.3) is 33.4 Å². The Hall–Kier alpha value is -2.83. The first-order chi connectivity index (χ1) is 22.1. The third-order valence-electron chi connectivity index (χ3n) is 6.76. The summed E-state index contributed by atoms with van der Waals surface area (Å²) < 4.78 is 2.73. The van der Waals surface area contributed by atoms with Gasteiger partial charge in [0.05, 0.1) is 10.0 Å². The molecule has 0 spiro atoms. The molecule has 6 N–H and O–H groups in total. The van der Waals surface area contributed by atoms with Crippen molar-refractivity contribution >= 4 is 102 Å². The highest BCUT2D eigenvalue weighted by atomic mass is 127. The lowest BCUT2D eigenvalue weighted by Gasteiger charge is -2.13. The lowest BCUT2D eigenvalue weighted by Crippen LogP contribution is -2.31. The molecule has 4 nitrogen and oxygen atoms in total. The summed E-state index contributed by atoms with van der Waals surface area (Å²) in [7, 11) is -1.43. The van der Waals surface area contributed by atoms with Gasteiger partial charge in [-0.3, -0.25) is 0 Å². The van der Waals surface area contributed by atoms with Crippen LogP contribution in [-0.4, -0.2) is 17.2 Å². The molecule has 46 heavy (non-hydrogen) atoms. The molecule has 0 saturated heterocycles. The van der Waals surface area contributed by atoms with Crippen molar-refractivity contribution in [2.24, 2.45) is 0 Å².